The van der Waals surface area contributed by atoms with Gasteiger partial charge in [0.2, 0.25) is 10.0 Å². The molecule has 2 rings (SSSR count). The Morgan fingerprint density at radius 3 is 2.89 bits per heavy atom. The molecule has 1 aliphatic rings. The SMILES string of the molecule is Nc1cccc(S(=O)(=O)NCC2CCCCO2)c1. The molecule has 1 atom stereocenters. The fraction of sp³-hybridized carbons (Fsp3) is 0.500. The van der Waals surface area contributed by atoms with Gasteiger partial charge < -0.3 is 10.5 Å². The zero-order valence-corrected chi connectivity index (χ0v) is 10.9. The molecule has 5 nitrogen and oxygen atoms in total. The number of nitrogens with one attached hydrogen (secondary N) is 1. The highest BCUT2D eigenvalue weighted by atomic mass is 32.2. The maximum atomic E-state index is 12.0. The lowest BCUT2D eigenvalue weighted by atomic mass is 10.1. The second-order valence-electron chi connectivity index (χ2n) is 4.41. The summed E-state index contributed by atoms with van der Waals surface area (Å²) in [5.41, 5.74) is 6.01. The molecule has 0 amide bonds. The third-order valence-electron chi connectivity index (χ3n) is 2.94. The molecule has 0 radical (unpaired) electrons. The molecule has 0 spiro atoms. The zero-order chi connectivity index (χ0) is 13.0. The third kappa shape index (κ3) is 3.44. The summed E-state index contributed by atoms with van der Waals surface area (Å²) in [7, 11) is -3.49. The molecule has 1 fully saturated rings. The number of hydrogen-bond acceptors (Lipinski definition) is 4. The molecule has 1 aliphatic heterocycles. The van der Waals surface area contributed by atoms with Gasteiger partial charge in [-0.15, -0.1) is 0 Å². The second kappa shape index (κ2) is 5.69. The maximum Gasteiger partial charge on any atom is 0.240 e. The molecule has 0 bridgehead atoms. The largest absolute Gasteiger partial charge is 0.399 e. The smallest absolute Gasteiger partial charge is 0.240 e. The average molecular weight is 270 g/mol. The number of nitrogens with two attached hydrogens (primary N) is 1. The first kappa shape index (κ1) is 13.3. The number of anilines is 1. The van der Waals surface area contributed by atoms with E-state index in [1.165, 1.54) is 12.1 Å². The lowest BCUT2D eigenvalue weighted by molar-refractivity contribution is 0.0200. The number of ether oxygens (including phenoxy) is 1. The lowest BCUT2D eigenvalue weighted by Gasteiger charge is -2.22. The lowest BCUT2D eigenvalue weighted by Crippen LogP contribution is -2.35. The van der Waals surface area contributed by atoms with E-state index in [0.29, 0.717) is 18.8 Å². The molecule has 0 aliphatic carbocycles. The Morgan fingerprint density at radius 2 is 2.22 bits per heavy atom. The number of sulfonamides is 1. The van der Waals surface area contributed by atoms with E-state index in [-0.39, 0.29) is 11.0 Å². The van der Waals surface area contributed by atoms with E-state index in [1.54, 1.807) is 12.1 Å². The Kier molecular flexibility index (Phi) is 4.21. The fourth-order valence-corrected chi connectivity index (χ4v) is 3.06. The minimum absolute atomic E-state index is 0.0189. The van der Waals surface area contributed by atoms with Crippen LogP contribution in [-0.2, 0) is 14.8 Å². The van der Waals surface area contributed by atoms with Crippen LogP contribution in [0.1, 0.15) is 19.3 Å². The summed E-state index contributed by atoms with van der Waals surface area (Å²) in [5, 5.41) is 0. The standard InChI is InChI=1S/C12H18N2O3S/c13-10-4-3-6-12(8-10)18(15,16)14-9-11-5-1-2-7-17-11/h3-4,6,8,11,14H,1-2,5,7,9,13H2. The number of nitrogen functional groups attached to an aromatic ring is 1. The highest BCUT2D eigenvalue weighted by Crippen LogP contribution is 2.15. The van der Waals surface area contributed by atoms with Crippen LogP contribution in [0.3, 0.4) is 0 Å². The van der Waals surface area contributed by atoms with Gasteiger partial charge in [-0.1, -0.05) is 6.07 Å². The molecule has 100 valence electrons. The van der Waals surface area contributed by atoms with Crippen molar-refractivity contribution in [2.24, 2.45) is 0 Å². The van der Waals surface area contributed by atoms with Crippen LogP contribution in [0.5, 0.6) is 0 Å². The molecule has 1 saturated heterocycles. The van der Waals surface area contributed by atoms with Gasteiger partial charge in [0.15, 0.2) is 0 Å². The van der Waals surface area contributed by atoms with Gasteiger partial charge in [-0.2, -0.15) is 0 Å². The van der Waals surface area contributed by atoms with Crippen molar-refractivity contribution < 1.29 is 13.2 Å². The van der Waals surface area contributed by atoms with Crippen LogP contribution in [0.2, 0.25) is 0 Å². The quantitative estimate of drug-likeness (QED) is 0.803. The summed E-state index contributed by atoms with van der Waals surface area (Å²) in [6.45, 7) is 1.03. The third-order valence-corrected chi connectivity index (χ3v) is 4.36. The molecule has 18 heavy (non-hydrogen) atoms. The summed E-state index contributed by atoms with van der Waals surface area (Å²) in [6.07, 6.45) is 3.03. The number of benzene rings is 1. The van der Waals surface area contributed by atoms with Gasteiger partial charge >= 0.3 is 0 Å². The molecule has 0 saturated carbocycles. The molecular formula is C12H18N2O3S. The molecule has 1 heterocycles. The predicted molar refractivity (Wildman–Crippen MR) is 69.6 cm³/mol. The fourth-order valence-electron chi connectivity index (χ4n) is 1.94. The van der Waals surface area contributed by atoms with Crippen molar-refractivity contribution >= 4 is 15.7 Å². The van der Waals surface area contributed by atoms with Crippen molar-refractivity contribution in [3.05, 3.63) is 24.3 Å². The van der Waals surface area contributed by atoms with Crippen molar-refractivity contribution in [3.63, 3.8) is 0 Å². The van der Waals surface area contributed by atoms with E-state index in [0.717, 1.165) is 19.3 Å². The summed E-state index contributed by atoms with van der Waals surface area (Å²) in [4.78, 5) is 0.193. The summed E-state index contributed by atoms with van der Waals surface area (Å²) >= 11 is 0. The van der Waals surface area contributed by atoms with Crippen molar-refractivity contribution in [1.29, 1.82) is 0 Å². The second-order valence-corrected chi connectivity index (χ2v) is 6.18. The van der Waals surface area contributed by atoms with Crippen LogP contribution >= 0.6 is 0 Å². The first-order valence-electron chi connectivity index (χ1n) is 6.05. The maximum absolute atomic E-state index is 12.0. The van der Waals surface area contributed by atoms with E-state index in [2.05, 4.69) is 4.72 Å². The van der Waals surface area contributed by atoms with Crippen LogP contribution in [0.25, 0.3) is 0 Å². The highest BCUT2D eigenvalue weighted by molar-refractivity contribution is 7.89. The van der Waals surface area contributed by atoms with Gasteiger partial charge in [-0.05, 0) is 37.5 Å². The number of rotatable bonds is 4. The van der Waals surface area contributed by atoms with Gasteiger partial charge in [0, 0.05) is 18.8 Å². The molecule has 1 aromatic carbocycles. The average Bonchev–Trinajstić information content (AvgIpc) is 2.38. The van der Waals surface area contributed by atoms with Crippen LogP contribution in [0, 0.1) is 0 Å². The molecule has 3 N–H and O–H groups in total. The van der Waals surface area contributed by atoms with Crippen LogP contribution in [0.15, 0.2) is 29.2 Å². The Morgan fingerprint density at radius 1 is 1.39 bits per heavy atom. The molecule has 1 unspecified atom stereocenters. The zero-order valence-electron chi connectivity index (χ0n) is 10.1. The molecule has 6 heteroatoms. The summed E-state index contributed by atoms with van der Waals surface area (Å²) in [6, 6.07) is 6.26. The van der Waals surface area contributed by atoms with Crippen LogP contribution in [0.4, 0.5) is 5.69 Å². The van der Waals surface area contributed by atoms with Gasteiger partial charge in [-0.3, -0.25) is 0 Å². The first-order chi connectivity index (χ1) is 8.58. The van der Waals surface area contributed by atoms with Gasteiger partial charge in [-0.25, -0.2) is 13.1 Å². The van der Waals surface area contributed by atoms with E-state index in [9.17, 15) is 8.42 Å². The Balaban J connectivity index is 1.98. The van der Waals surface area contributed by atoms with Crippen LogP contribution in [-0.4, -0.2) is 27.7 Å². The minimum atomic E-state index is -3.49. The van der Waals surface area contributed by atoms with Crippen molar-refractivity contribution in [3.8, 4) is 0 Å². The van der Waals surface area contributed by atoms with Crippen LogP contribution < -0.4 is 10.5 Å². The topological polar surface area (TPSA) is 81.4 Å². The molecule has 1 aromatic rings. The van der Waals surface area contributed by atoms with Crippen molar-refractivity contribution in [2.75, 3.05) is 18.9 Å². The normalized spacial score (nSPS) is 20.8. The van der Waals surface area contributed by atoms with Gasteiger partial charge in [0.1, 0.15) is 0 Å². The monoisotopic (exact) mass is 270 g/mol. The first-order valence-corrected chi connectivity index (χ1v) is 7.53. The van der Waals surface area contributed by atoms with E-state index >= 15 is 0 Å². The van der Waals surface area contributed by atoms with E-state index in [4.69, 9.17) is 10.5 Å². The number of hydrogen-bond donors (Lipinski definition) is 2. The Hall–Kier alpha value is -1.11. The minimum Gasteiger partial charge on any atom is -0.399 e. The van der Waals surface area contributed by atoms with E-state index in [1.807, 2.05) is 0 Å². The van der Waals surface area contributed by atoms with E-state index < -0.39 is 10.0 Å². The predicted octanol–water partition coefficient (Wildman–Crippen LogP) is 1.12. The van der Waals surface area contributed by atoms with Crippen molar-refractivity contribution in [2.45, 2.75) is 30.3 Å². The summed E-state index contributed by atoms with van der Waals surface area (Å²) < 4.78 is 32.1. The van der Waals surface area contributed by atoms with Gasteiger partial charge in [0.25, 0.3) is 0 Å². The molecule has 0 aromatic heterocycles. The Bertz CT molecular complexity index is 496. The Labute approximate surface area is 107 Å². The van der Waals surface area contributed by atoms with Gasteiger partial charge in [0.05, 0.1) is 11.0 Å². The molecular weight excluding hydrogens is 252 g/mol. The summed E-state index contributed by atoms with van der Waals surface area (Å²) in [5.74, 6) is 0. The highest BCUT2D eigenvalue weighted by Gasteiger charge is 2.19. The van der Waals surface area contributed by atoms with Crippen molar-refractivity contribution in [1.82, 2.24) is 4.72 Å².